The monoisotopic (exact) mass is 413 g/mol. The summed E-state index contributed by atoms with van der Waals surface area (Å²) in [6, 6.07) is 8.41. The third-order valence-electron chi connectivity index (χ3n) is 6.65. The first-order chi connectivity index (χ1) is 14.7. The second-order valence-electron chi connectivity index (χ2n) is 8.86. The van der Waals surface area contributed by atoms with Crippen LogP contribution in [0.5, 0.6) is 0 Å². The van der Waals surface area contributed by atoms with Gasteiger partial charge in [0.15, 0.2) is 0 Å². The second kappa shape index (κ2) is 10.0. The van der Waals surface area contributed by atoms with E-state index in [4.69, 9.17) is 0 Å². The van der Waals surface area contributed by atoms with Crippen molar-refractivity contribution >= 4 is 23.4 Å². The van der Waals surface area contributed by atoms with Crippen LogP contribution in [0, 0.1) is 0 Å². The van der Waals surface area contributed by atoms with Crippen molar-refractivity contribution in [3.63, 3.8) is 0 Å². The van der Waals surface area contributed by atoms with Crippen LogP contribution >= 0.6 is 0 Å². The topological polar surface area (TPSA) is 76.7 Å². The lowest BCUT2D eigenvalue weighted by molar-refractivity contribution is 0.186. The smallest absolute Gasteiger partial charge is 0.321 e. The lowest BCUT2D eigenvalue weighted by atomic mass is 9.96. The van der Waals surface area contributed by atoms with Crippen LogP contribution in [0.2, 0.25) is 0 Å². The van der Waals surface area contributed by atoms with Gasteiger partial charge in [-0.1, -0.05) is 31.4 Å². The van der Waals surface area contributed by atoms with Crippen LogP contribution in [0.4, 0.5) is 21.0 Å². The summed E-state index contributed by atoms with van der Waals surface area (Å²) in [5.41, 5.74) is 2.00. The Kier molecular flexibility index (Phi) is 6.97. The van der Waals surface area contributed by atoms with Crippen molar-refractivity contribution in [1.82, 2.24) is 15.5 Å². The van der Waals surface area contributed by atoms with Crippen LogP contribution < -0.4 is 20.9 Å². The average molecular weight is 414 g/mol. The molecule has 4 amide bonds. The SMILES string of the molecule is O=C(NC1CCCCC1)NC1CCN(C(=O)Nc2ccccc2N2CCCC2)CC1. The van der Waals surface area contributed by atoms with Crippen molar-refractivity contribution in [2.24, 2.45) is 0 Å². The third-order valence-corrected chi connectivity index (χ3v) is 6.65. The van der Waals surface area contributed by atoms with Gasteiger partial charge in [-0.3, -0.25) is 0 Å². The number of carbonyl (C=O) groups is 2. The molecular formula is C23H35N5O2. The molecule has 1 aliphatic carbocycles. The predicted molar refractivity (Wildman–Crippen MR) is 120 cm³/mol. The number of amides is 4. The van der Waals surface area contributed by atoms with Crippen molar-refractivity contribution < 1.29 is 9.59 Å². The molecule has 0 bridgehead atoms. The molecule has 2 heterocycles. The molecule has 7 heteroatoms. The van der Waals surface area contributed by atoms with E-state index in [0.717, 1.165) is 50.1 Å². The summed E-state index contributed by atoms with van der Waals surface area (Å²) in [5, 5.41) is 9.34. The number of carbonyl (C=O) groups excluding carboxylic acids is 2. The van der Waals surface area contributed by atoms with Crippen LogP contribution in [0.1, 0.15) is 57.8 Å². The van der Waals surface area contributed by atoms with E-state index in [1.165, 1.54) is 32.1 Å². The highest BCUT2D eigenvalue weighted by atomic mass is 16.2. The van der Waals surface area contributed by atoms with Gasteiger partial charge < -0.3 is 25.8 Å². The fourth-order valence-corrected chi connectivity index (χ4v) is 4.89. The molecule has 164 valence electrons. The maximum Gasteiger partial charge on any atom is 0.321 e. The largest absolute Gasteiger partial charge is 0.370 e. The van der Waals surface area contributed by atoms with Crippen LogP contribution in [-0.2, 0) is 0 Å². The van der Waals surface area contributed by atoms with Crippen LogP contribution in [0.3, 0.4) is 0 Å². The number of nitrogens with one attached hydrogen (secondary N) is 3. The van der Waals surface area contributed by atoms with Crippen LogP contribution in [0.25, 0.3) is 0 Å². The van der Waals surface area contributed by atoms with E-state index in [-0.39, 0.29) is 18.1 Å². The molecular weight excluding hydrogens is 378 g/mol. The molecule has 7 nitrogen and oxygen atoms in total. The molecule has 0 unspecified atom stereocenters. The Morgan fingerprint density at radius 1 is 0.767 bits per heavy atom. The zero-order chi connectivity index (χ0) is 20.8. The molecule has 0 atom stereocenters. The normalized spacial score (nSPS) is 20.8. The standard InChI is InChI=1S/C23H35N5O2/c29-22(24-18-8-2-1-3-9-18)25-19-12-16-28(17-13-19)23(30)26-20-10-4-5-11-21(20)27-14-6-7-15-27/h4-5,10-11,18-19H,1-3,6-9,12-17H2,(H,26,30)(H2,24,25,29). The number of para-hydroxylation sites is 2. The van der Waals surface area contributed by atoms with E-state index in [1.54, 1.807) is 0 Å². The van der Waals surface area contributed by atoms with E-state index in [2.05, 4.69) is 26.9 Å². The minimum atomic E-state index is -0.0515. The molecule has 3 aliphatic rings. The van der Waals surface area contributed by atoms with E-state index in [1.807, 2.05) is 23.1 Å². The minimum Gasteiger partial charge on any atom is -0.370 e. The molecule has 30 heavy (non-hydrogen) atoms. The number of benzene rings is 1. The molecule has 1 aromatic carbocycles. The summed E-state index contributed by atoms with van der Waals surface area (Å²) in [4.78, 5) is 29.3. The quantitative estimate of drug-likeness (QED) is 0.700. The van der Waals surface area contributed by atoms with Gasteiger partial charge in [0.1, 0.15) is 0 Å². The van der Waals surface area contributed by atoms with Gasteiger partial charge in [0, 0.05) is 38.3 Å². The molecule has 1 aromatic rings. The van der Waals surface area contributed by atoms with Crippen molar-refractivity contribution in [1.29, 1.82) is 0 Å². The average Bonchev–Trinajstić information content (AvgIpc) is 3.30. The zero-order valence-electron chi connectivity index (χ0n) is 17.9. The molecule has 3 N–H and O–H groups in total. The van der Waals surface area contributed by atoms with Crippen molar-refractivity contribution in [2.45, 2.75) is 69.9 Å². The van der Waals surface area contributed by atoms with Gasteiger partial charge >= 0.3 is 12.1 Å². The molecule has 0 radical (unpaired) electrons. The van der Waals surface area contributed by atoms with Gasteiger partial charge in [-0.05, 0) is 50.7 Å². The Morgan fingerprint density at radius 3 is 2.10 bits per heavy atom. The van der Waals surface area contributed by atoms with Gasteiger partial charge in [0.05, 0.1) is 11.4 Å². The summed E-state index contributed by atoms with van der Waals surface area (Å²) >= 11 is 0. The number of hydrogen-bond acceptors (Lipinski definition) is 3. The van der Waals surface area contributed by atoms with E-state index < -0.39 is 0 Å². The summed E-state index contributed by atoms with van der Waals surface area (Å²) in [5.74, 6) is 0. The molecule has 4 rings (SSSR count). The van der Waals surface area contributed by atoms with E-state index >= 15 is 0 Å². The first kappa shape index (κ1) is 20.8. The minimum absolute atomic E-state index is 0.0493. The van der Waals surface area contributed by atoms with E-state index in [9.17, 15) is 9.59 Å². The van der Waals surface area contributed by atoms with Gasteiger partial charge in [0.25, 0.3) is 0 Å². The number of piperidine rings is 1. The van der Waals surface area contributed by atoms with Gasteiger partial charge in [0.2, 0.25) is 0 Å². The number of nitrogens with zero attached hydrogens (tertiary/aromatic N) is 2. The number of anilines is 2. The van der Waals surface area contributed by atoms with Crippen molar-refractivity contribution in [3.8, 4) is 0 Å². The third kappa shape index (κ3) is 5.37. The van der Waals surface area contributed by atoms with Gasteiger partial charge in [-0.2, -0.15) is 0 Å². The van der Waals surface area contributed by atoms with Crippen LogP contribution in [0.15, 0.2) is 24.3 Å². The lowest BCUT2D eigenvalue weighted by Crippen LogP contribution is -2.51. The molecule has 1 saturated carbocycles. The van der Waals surface area contributed by atoms with Gasteiger partial charge in [-0.15, -0.1) is 0 Å². The summed E-state index contributed by atoms with van der Waals surface area (Å²) in [6.45, 7) is 3.41. The number of hydrogen-bond donors (Lipinski definition) is 3. The highest BCUT2D eigenvalue weighted by Gasteiger charge is 2.26. The Hall–Kier alpha value is -2.44. The summed E-state index contributed by atoms with van der Waals surface area (Å²) in [7, 11) is 0. The lowest BCUT2D eigenvalue weighted by Gasteiger charge is -2.33. The Balaban J connectivity index is 1.23. The fraction of sp³-hybridized carbons (Fsp3) is 0.652. The Bertz CT molecular complexity index is 720. The predicted octanol–water partition coefficient (Wildman–Crippen LogP) is 3.92. The number of likely N-dealkylation sites (tertiary alicyclic amines) is 1. The summed E-state index contributed by atoms with van der Waals surface area (Å²) in [6.07, 6.45) is 9.87. The highest BCUT2D eigenvalue weighted by molar-refractivity contribution is 5.93. The first-order valence-corrected chi connectivity index (χ1v) is 11.7. The second-order valence-corrected chi connectivity index (χ2v) is 8.86. The molecule has 2 saturated heterocycles. The van der Waals surface area contributed by atoms with Crippen molar-refractivity contribution in [3.05, 3.63) is 24.3 Å². The zero-order valence-corrected chi connectivity index (χ0v) is 17.9. The summed E-state index contributed by atoms with van der Waals surface area (Å²) < 4.78 is 0. The van der Waals surface area contributed by atoms with E-state index in [0.29, 0.717) is 19.1 Å². The Labute approximate surface area is 179 Å². The number of urea groups is 2. The molecule has 0 spiro atoms. The van der Waals surface area contributed by atoms with Gasteiger partial charge in [-0.25, -0.2) is 9.59 Å². The molecule has 2 aliphatic heterocycles. The maximum atomic E-state index is 12.8. The Morgan fingerprint density at radius 2 is 1.40 bits per heavy atom. The van der Waals surface area contributed by atoms with Crippen molar-refractivity contribution in [2.75, 3.05) is 36.4 Å². The van der Waals surface area contributed by atoms with Crippen LogP contribution in [-0.4, -0.2) is 55.2 Å². The first-order valence-electron chi connectivity index (χ1n) is 11.7. The highest BCUT2D eigenvalue weighted by Crippen LogP contribution is 2.29. The maximum absolute atomic E-state index is 12.8. The molecule has 3 fully saturated rings. The molecule has 0 aromatic heterocycles. The number of rotatable bonds is 4. The fourth-order valence-electron chi connectivity index (χ4n) is 4.89.